The molecule has 1 heterocycles. The van der Waals surface area contributed by atoms with E-state index in [-0.39, 0.29) is 0 Å². The zero-order chi connectivity index (χ0) is 13.8. The number of rotatable bonds is 5. The summed E-state index contributed by atoms with van der Waals surface area (Å²) < 4.78 is 5.59. The number of aromatic carboxylic acids is 1. The predicted molar refractivity (Wildman–Crippen MR) is 76.0 cm³/mol. The number of halogens is 1. The molecule has 100 valence electrons. The monoisotopic (exact) mass is 296 g/mol. The van der Waals surface area contributed by atoms with Crippen LogP contribution in [0.15, 0.2) is 30.3 Å². The van der Waals surface area contributed by atoms with Crippen molar-refractivity contribution in [1.82, 2.24) is 0 Å². The minimum Gasteiger partial charge on any atom is -0.477 e. The number of hydrogen-bond acceptors (Lipinski definition) is 3. The zero-order valence-corrected chi connectivity index (χ0v) is 11.9. The van der Waals surface area contributed by atoms with Gasteiger partial charge >= 0.3 is 5.97 Å². The molecule has 2 aromatic rings. The predicted octanol–water partition coefficient (Wildman–Crippen LogP) is 4.12. The fraction of sp³-hybridized carbons (Fsp3) is 0.214. The molecule has 0 atom stereocenters. The summed E-state index contributed by atoms with van der Waals surface area (Å²) in [5.74, 6) is -0.892. The first-order valence-corrected chi connectivity index (χ1v) is 6.90. The maximum absolute atomic E-state index is 10.9. The molecule has 0 bridgehead atoms. The molecular weight excluding hydrogens is 284 g/mol. The van der Waals surface area contributed by atoms with Crippen molar-refractivity contribution in [1.29, 1.82) is 0 Å². The Morgan fingerprint density at radius 3 is 2.58 bits per heavy atom. The maximum atomic E-state index is 10.9. The number of carbonyl (C=O) groups is 1. The number of ether oxygens (including phenoxy) is 1. The molecule has 5 heteroatoms. The van der Waals surface area contributed by atoms with E-state index in [1.54, 1.807) is 6.07 Å². The highest BCUT2D eigenvalue weighted by atomic mass is 35.5. The molecule has 1 N–H and O–H groups in total. The lowest BCUT2D eigenvalue weighted by atomic mass is 10.2. The Morgan fingerprint density at radius 1 is 1.32 bits per heavy atom. The highest BCUT2D eigenvalue weighted by Gasteiger charge is 2.10. The molecular formula is C14H13ClO3S. The standard InChI is InChI=1S/C14H13ClO3S/c1-9-11(6-13(19-9)14(16)17)8-18-7-10-2-4-12(15)5-3-10/h2-6H,7-8H2,1H3,(H,16,17). The molecule has 1 aromatic heterocycles. The Balaban J connectivity index is 1.92. The summed E-state index contributed by atoms with van der Waals surface area (Å²) in [6.45, 7) is 2.80. The Kier molecular flexibility index (Phi) is 4.58. The van der Waals surface area contributed by atoms with Crippen LogP contribution < -0.4 is 0 Å². The van der Waals surface area contributed by atoms with Crippen molar-refractivity contribution < 1.29 is 14.6 Å². The lowest BCUT2D eigenvalue weighted by molar-refractivity contribution is 0.0701. The van der Waals surface area contributed by atoms with Crippen molar-refractivity contribution >= 4 is 28.9 Å². The van der Waals surface area contributed by atoms with E-state index in [0.717, 1.165) is 16.0 Å². The maximum Gasteiger partial charge on any atom is 0.345 e. The number of benzene rings is 1. The average molecular weight is 297 g/mol. The fourth-order valence-electron chi connectivity index (χ4n) is 1.63. The smallest absolute Gasteiger partial charge is 0.345 e. The first-order valence-electron chi connectivity index (χ1n) is 5.71. The SMILES string of the molecule is Cc1sc(C(=O)O)cc1COCc1ccc(Cl)cc1. The van der Waals surface area contributed by atoms with Gasteiger partial charge in [0, 0.05) is 9.90 Å². The van der Waals surface area contributed by atoms with Gasteiger partial charge in [0.2, 0.25) is 0 Å². The summed E-state index contributed by atoms with van der Waals surface area (Å²) in [4.78, 5) is 12.2. The number of hydrogen-bond donors (Lipinski definition) is 1. The van der Waals surface area contributed by atoms with Gasteiger partial charge in [-0.15, -0.1) is 11.3 Å². The summed E-state index contributed by atoms with van der Waals surface area (Å²) in [6, 6.07) is 9.12. The molecule has 0 radical (unpaired) electrons. The van der Waals surface area contributed by atoms with Gasteiger partial charge in [0.25, 0.3) is 0 Å². The van der Waals surface area contributed by atoms with Crippen LogP contribution >= 0.6 is 22.9 Å². The lowest BCUT2D eigenvalue weighted by Crippen LogP contribution is -1.95. The third kappa shape index (κ3) is 3.80. The molecule has 0 saturated carbocycles. The zero-order valence-electron chi connectivity index (χ0n) is 10.4. The molecule has 2 rings (SSSR count). The lowest BCUT2D eigenvalue weighted by Gasteiger charge is -2.04. The number of thiophene rings is 1. The molecule has 0 aliphatic rings. The molecule has 1 aromatic carbocycles. The van der Waals surface area contributed by atoms with Gasteiger partial charge in [-0.3, -0.25) is 0 Å². The number of aryl methyl sites for hydroxylation is 1. The van der Waals surface area contributed by atoms with Gasteiger partial charge in [0.15, 0.2) is 0 Å². The van der Waals surface area contributed by atoms with Crippen LogP contribution in [0.2, 0.25) is 5.02 Å². The van der Waals surface area contributed by atoms with Crippen LogP contribution in [0.4, 0.5) is 0 Å². The second kappa shape index (κ2) is 6.19. The summed E-state index contributed by atoms with van der Waals surface area (Å²) in [6.07, 6.45) is 0. The first kappa shape index (κ1) is 14.1. The van der Waals surface area contributed by atoms with E-state index in [1.165, 1.54) is 11.3 Å². The molecule has 0 spiro atoms. The highest BCUT2D eigenvalue weighted by molar-refractivity contribution is 7.14. The third-order valence-corrected chi connectivity index (χ3v) is 4.00. The van der Waals surface area contributed by atoms with E-state index in [1.807, 2.05) is 31.2 Å². The van der Waals surface area contributed by atoms with E-state index >= 15 is 0 Å². The molecule has 0 unspecified atom stereocenters. The van der Waals surface area contributed by atoms with E-state index in [2.05, 4.69) is 0 Å². The summed E-state index contributed by atoms with van der Waals surface area (Å²) in [5.41, 5.74) is 1.96. The molecule has 0 amide bonds. The van der Waals surface area contributed by atoms with Gasteiger partial charge in [0.05, 0.1) is 13.2 Å². The van der Waals surface area contributed by atoms with Crippen LogP contribution in [-0.2, 0) is 18.0 Å². The Bertz CT molecular complexity index is 575. The molecule has 0 fully saturated rings. The van der Waals surface area contributed by atoms with Crippen LogP contribution in [0, 0.1) is 6.92 Å². The van der Waals surface area contributed by atoms with Crippen LogP contribution in [0.1, 0.15) is 25.7 Å². The van der Waals surface area contributed by atoms with E-state index in [9.17, 15) is 4.79 Å². The summed E-state index contributed by atoms with van der Waals surface area (Å²) >= 11 is 7.07. The van der Waals surface area contributed by atoms with Crippen LogP contribution in [0.25, 0.3) is 0 Å². The topological polar surface area (TPSA) is 46.5 Å². The second-order valence-corrected chi connectivity index (χ2v) is 5.81. The summed E-state index contributed by atoms with van der Waals surface area (Å²) in [5, 5.41) is 9.61. The van der Waals surface area contributed by atoms with Crippen molar-refractivity contribution in [2.75, 3.05) is 0 Å². The van der Waals surface area contributed by atoms with Crippen LogP contribution in [-0.4, -0.2) is 11.1 Å². The Hall–Kier alpha value is -1.36. The van der Waals surface area contributed by atoms with Gasteiger partial charge in [-0.05, 0) is 36.2 Å². The molecule has 19 heavy (non-hydrogen) atoms. The van der Waals surface area contributed by atoms with Crippen LogP contribution in [0.5, 0.6) is 0 Å². The quantitative estimate of drug-likeness (QED) is 0.902. The van der Waals surface area contributed by atoms with Gasteiger partial charge in [-0.25, -0.2) is 4.79 Å². The molecule has 3 nitrogen and oxygen atoms in total. The van der Waals surface area contributed by atoms with E-state index < -0.39 is 5.97 Å². The molecule has 0 aliphatic carbocycles. The minimum atomic E-state index is -0.892. The largest absolute Gasteiger partial charge is 0.477 e. The van der Waals surface area contributed by atoms with Gasteiger partial charge in [-0.2, -0.15) is 0 Å². The average Bonchev–Trinajstić information content (AvgIpc) is 2.74. The van der Waals surface area contributed by atoms with Gasteiger partial charge in [0.1, 0.15) is 4.88 Å². The first-order chi connectivity index (χ1) is 9.06. The van der Waals surface area contributed by atoms with Crippen LogP contribution in [0.3, 0.4) is 0 Å². The number of carboxylic acids is 1. The molecule has 0 saturated heterocycles. The van der Waals surface area contributed by atoms with Crippen molar-refractivity contribution in [3.8, 4) is 0 Å². The third-order valence-electron chi connectivity index (χ3n) is 2.67. The highest BCUT2D eigenvalue weighted by Crippen LogP contribution is 2.22. The van der Waals surface area contributed by atoms with E-state index in [4.69, 9.17) is 21.4 Å². The summed E-state index contributed by atoms with van der Waals surface area (Å²) in [7, 11) is 0. The van der Waals surface area contributed by atoms with Gasteiger partial charge in [-0.1, -0.05) is 23.7 Å². The second-order valence-electron chi connectivity index (χ2n) is 4.12. The molecule has 0 aliphatic heterocycles. The van der Waals surface area contributed by atoms with Crippen molar-refractivity contribution in [2.45, 2.75) is 20.1 Å². The van der Waals surface area contributed by atoms with E-state index in [0.29, 0.717) is 23.1 Å². The van der Waals surface area contributed by atoms with Gasteiger partial charge < -0.3 is 9.84 Å². The minimum absolute atomic E-state index is 0.350. The number of carboxylic acid groups (broad SMARTS) is 1. The Morgan fingerprint density at radius 2 is 2.00 bits per heavy atom. The Labute approximate surface area is 120 Å². The van der Waals surface area contributed by atoms with Crippen molar-refractivity contribution in [3.05, 3.63) is 56.2 Å². The normalized spacial score (nSPS) is 10.6. The van der Waals surface area contributed by atoms with Crippen molar-refractivity contribution in [3.63, 3.8) is 0 Å². The van der Waals surface area contributed by atoms with Crippen molar-refractivity contribution in [2.24, 2.45) is 0 Å². The fourth-order valence-corrected chi connectivity index (χ4v) is 2.62.